The zero-order chi connectivity index (χ0) is 15.4. The summed E-state index contributed by atoms with van der Waals surface area (Å²) >= 11 is 0. The van der Waals surface area contributed by atoms with Gasteiger partial charge in [-0.2, -0.15) is 0 Å². The first-order valence-electron chi connectivity index (χ1n) is 7.37. The Balaban J connectivity index is 2.01. The number of aryl methyl sites for hydroxylation is 1. The number of rotatable bonds is 0. The highest BCUT2D eigenvalue weighted by Crippen LogP contribution is 2.45. The van der Waals surface area contributed by atoms with Crippen molar-refractivity contribution in [3.05, 3.63) is 48.0 Å². The Morgan fingerprint density at radius 2 is 1.35 bits per heavy atom. The van der Waals surface area contributed by atoms with E-state index in [1.165, 1.54) is 0 Å². The van der Waals surface area contributed by atoms with Crippen molar-refractivity contribution in [2.75, 3.05) is 0 Å². The van der Waals surface area contributed by atoms with Gasteiger partial charge in [0.05, 0.1) is 11.4 Å². The number of aromatic amines is 2. The van der Waals surface area contributed by atoms with Crippen molar-refractivity contribution < 1.29 is 0 Å². The van der Waals surface area contributed by atoms with Crippen molar-refractivity contribution in [3.8, 4) is 45.0 Å². The molecule has 0 fully saturated rings. The molecule has 2 N–H and O–H groups in total. The lowest BCUT2D eigenvalue weighted by Crippen LogP contribution is -1.98. The Hall–Kier alpha value is -3.28. The largest absolute Gasteiger partial charge is 0.257 e. The SMILES string of the molecule is Cc1cccc2c1-c1[nH]nnc1-c1ccccc1-c1[nH]nnc1-2. The molecule has 23 heavy (non-hydrogen) atoms. The highest BCUT2D eigenvalue weighted by molar-refractivity contribution is 5.99. The number of benzene rings is 2. The van der Waals surface area contributed by atoms with Crippen LogP contribution in [0.25, 0.3) is 45.0 Å². The highest BCUT2D eigenvalue weighted by atomic mass is 15.3. The minimum Gasteiger partial charge on any atom is -0.257 e. The smallest absolute Gasteiger partial charge is 0.121 e. The summed E-state index contributed by atoms with van der Waals surface area (Å²) < 4.78 is 0. The first kappa shape index (κ1) is 12.3. The fraction of sp³-hybridized carbons (Fsp3) is 0.0588. The predicted molar refractivity (Wildman–Crippen MR) is 86.4 cm³/mol. The van der Waals surface area contributed by atoms with Gasteiger partial charge in [-0.05, 0) is 12.5 Å². The van der Waals surface area contributed by atoms with E-state index in [1.54, 1.807) is 0 Å². The van der Waals surface area contributed by atoms with Gasteiger partial charge in [-0.25, -0.2) is 0 Å². The fourth-order valence-corrected chi connectivity index (χ4v) is 3.30. The van der Waals surface area contributed by atoms with Crippen LogP contribution in [0.15, 0.2) is 42.5 Å². The molecule has 0 saturated carbocycles. The molecule has 0 saturated heterocycles. The lowest BCUT2D eigenvalue weighted by Gasteiger charge is -2.16. The van der Waals surface area contributed by atoms with Gasteiger partial charge in [0.25, 0.3) is 0 Å². The summed E-state index contributed by atoms with van der Waals surface area (Å²) in [5.41, 5.74) is 8.77. The van der Waals surface area contributed by atoms with E-state index < -0.39 is 0 Å². The quantitative estimate of drug-likeness (QED) is 0.460. The third-order valence-corrected chi connectivity index (χ3v) is 4.33. The molecule has 6 nitrogen and oxygen atoms in total. The van der Waals surface area contributed by atoms with E-state index in [-0.39, 0.29) is 0 Å². The molecule has 5 rings (SSSR count). The Labute approximate surface area is 131 Å². The van der Waals surface area contributed by atoms with Crippen LogP contribution in [0.1, 0.15) is 5.56 Å². The van der Waals surface area contributed by atoms with Crippen LogP contribution >= 0.6 is 0 Å². The third-order valence-electron chi connectivity index (χ3n) is 4.33. The lowest BCUT2D eigenvalue weighted by atomic mass is 9.88. The molecule has 2 aromatic heterocycles. The van der Waals surface area contributed by atoms with E-state index in [1.807, 2.05) is 30.3 Å². The fourth-order valence-electron chi connectivity index (χ4n) is 3.30. The zero-order valence-electron chi connectivity index (χ0n) is 12.3. The maximum absolute atomic E-state index is 4.34. The average molecular weight is 300 g/mol. The molecule has 0 aliphatic heterocycles. The average Bonchev–Trinajstić information content (AvgIpc) is 3.22. The van der Waals surface area contributed by atoms with E-state index >= 15 is 0 Å². The first-order chi connectivity index (χ1) is 11.3. The van der Waals surface area contributed by atoms with Gasteiger partial charge >= 0.3 is 0 Å². The van der Waals surface area contributed by atoms with Crippen LogP contribution in [0.4, 0.5) is 0 Å². The molecule has 0 unspecified atom stereocenters. The molecule has 4 aromatic rings. The van der Waals surface area contributed by atoms with E-state index in [2.05, 4.69) is 49.9 Å². The summed E-state index contributed by atoms with van der Waals surface area (Å²) in [6, 6.07) is 14.3. The van der Waals surface area contributed by atoms with Gasteiger partial charge in [0.1, 0.15) is 11.4 Å². The summed E-state index contributed by atoms with van der Waals surface area (Å²) in [6.45, 7) is 2.08. The Morgan fingerprint density at radius 3 is 2.17 bits per heavy atom. The summed E-state index contributed by atoms with van der Waals surface area (Å²) in [4.78, 5) is 0. The Morgan fingerprint density at radius 1 is 0.696 bits per heavy atom. The summed E-state index contributed by atoms with van der Waals surface area (Å²) in [5.74, 6) is 0. The van der Waals surface area contributed by atoms with Crippen molar-refractivity contribution in [1.29, 1.82) is 0 Å². The summed E-state index contributed by atoms with van der Waals surface area (Å²) in [6.07, 6.45) is 0. The second-order valence-electron chi connectivity index (χ2n) is 5.61. The molecule has 0 amide bonds. The molecule has 2 aromatic carbocycles. The monoisotopic (exact) mass is 300 g/mol. The van der Waals surface area contributed by atoms with Crippen LogP contribution < -0.4 is 0 Å². The normalized spacial score (nSPS) is 11.7. The third kappa shape index (κ3) is 1.57. The van der Waals surface area contributed by atoms with Crippen LogP contribution in [0, 0.1) is 6.92 Å². The maximum Gasteiger partial charge on any atom is 0.121 e. The first-order valence-corrected chi connectivity index (χ1v) is 7.37. The van der Waals surface area contributed by atoms with Crippen molar-refractivity contribution in [3.63, 3.8) is 0 Å². The highest BCUT2D eigenvalue weighted by Gasteiger charge is 2.27. The minimum absolute atomic E-state index is 0.844. The van der Waals surface area contributed by atoms with Gasteiger partial charge in [-0.3, -0.25) is 10.2 Å². The topological polar surface area (TPSA) is 83.1 Å². The zero-order valence-corrected chi connectivity index (χ0v) is 12.3. The van der Waals surface area contributed by atoms with Crippen LogP contribution in [0.2, 0.25) is 0 Å². The number of hydrogen-bond acceptors (Lipinski definition) is 4. The maximum atomic E-state index is 4.34. The number of aromatic nitrogens is 6. The Kier molecular flexibility index (Phi) is 2.33. The molecule has 110 valence electrons. The van der Waals surface area contributed by atoms with Gasteiger partial charge < -0.3 is 0 Å². The van der Waals surface area contributed by atoms with Crippen molar-refractivity contribution in [2.24, 2.45) is 0 Å². The van der Waals surface area contributed by atoms with Gasteiger partial charge in [-0.15, -0.1) is 10.2 Å². The van der Waals surface area contributed by atoms with Gasteiger partial charge in [-0.1, -0.05) is 52.9 Å². The predicted octanol–water partition coefficient (Wildman–Crippen LogP) is 3.21. The van der Waals surface area contributed by atoms with E-state index in [9.17, 15) is 0 Å². The molecule has 0 spiro atoms. The van der Waals surface area contributed by atoms with E-state index in [4.69, 9.17) is 0 Å². The number of nitrogens with one attached hydrogen (secondary N) is 2. The molecule has 0 atom stereocenters. The molecular formula is C17H12N6. The number of fused-ring (bicyclic) bond motifs is 8. The standard InChI is InChI=1S/C17H12N6/c1-9-5-4-8-12-13(9)17-15(19-23-21-17)11-7-3-2-6-10(11)14-16(12)20-22-18-14/h2-8H,1H3,(H,18,20,22)(H,19,21,23). The van der Waals surface area contributed by atoms with Crippen molar-refractivity contribution >= 4 is 0 Å². The lowest BCUT2D eigenvalue weighted by molar-refractivity contribution is 0.940. The second-order valence-corrected chi connectivity index (χ2v) is 5.61. The Bertz CT molecular complexity index is 1040. The van der Waals surface area contributed by atoms with E-state index in [0.29, 0.717) is 0 Å². The number of H-pyrrole nitrogens is 2. The second kappa shape index (κ2) is 4.36. The van der Waals surface area contributed by atoms with Gasteiger partial charge in [0.2, 0.25) is 0 Å². The van der Waals surface area contributed by atoms with Crippen LogP contribution in [0.5, 0.6) is 0 Å². The van der Waals surface area contributed by atoms with Crippen molar-refractivity contribution in [2.45, 2.75) is 6.92 Å². The molecule has 1 aliphatic rings. The van der Waals surface area contributed by atoms with Gasteiger partial charge in [0.15, 0.2) is 0 Å². The molecule has 0 bridgehead atoms. The molecule has 2 heterocycles. The van der Waals surface area contributed by atoms with Crippen LogP contribution in [-0.2, 0) is 0 Å². The summed E-state index contributed by atoms with van der Waals surface area (Å²) in [5, 5.41) is 22.9. The summed E-state index contributed by atoms with van der Waals surface area (Å²) in [7, 11) is 0. The van der Waals surface area contributed by atoms with E-state index in [0.717, 1.165) is 50.6 Å². The van der Waals surface area contributed by atoms with Crippen molar-refractivity contribution in [1.82, 2.24) is 30.8 Å². The van der Waals surface area contributed by atoms with Gasteiger partial charge in [0, 0.05) is 22.3 Å². The van der Waals surface area contributed by atoms with Crippen LogP contribution in [0.3, 0.4) is 0 Å². The molecule has 6 heteroatoms. The molecule has 1 aliphatic carbocycles. The molecule has 0 radical (unpaired) electrons. The molecular weight excluding hydrogens is 288 g/mol. The van der Waals surface area contributed by atoms with Crippen LogP contribution in [-0.4, -0.2) is 30.8 Å². The number of hydrogen-bond donors (Lipinski definition) is 2. The minimum atomic E-state index is 0.844. The number of nitrogens with zero attached hydrogens (tertiary/aromatic N) is 4.